The Balaban J connectivity index is 1.75. The Morgan fingerprint density at radius 2 is 2.09 bits per heavy atom. The van der Waals surface area contributed by atoms with Gasteiger partial charge in [0.15, 0.2) is 0 Å². The summed E-state index contributed by atoms with van der Waals surface area (Å²) in [6, 6.07) is 6.21. The van der Waals surface area contributed by atoms with Gasteiger partial charge in [-0.15, -0.1) is 0 Å². The number of para-hydroxylation sites is 1. The normalized spacial score (nSPS) is 25.8. The summed E-state index contributed by atoms with van der Waals surface area (Å²) in [4.78, 5) is 25.6. The second-order valence-corrected chi connectivity index (χ2v) is 6.07. The van der Waals surface area contributed by atoms with Crippen molar-refractivity contribution < 1.29 is 18.4 Å². The monoisotopic (exact) mass is 323 g/mol. The summed E-state index contributed by atoms with van der Waals surface area (Å²) >= 11 is 0. The minimum atomic E-state index is -2.84. The first-order chi connectivity index (χ1) is 10.9. The van der Waals surface area contributed by atoms with Crippen LogP contribution >= 0.6 is 0 Å². The van der Waals surface area contributed by atoms with Crippen molar-refractivity contribution in [3.8, 4) is 0 Å². The number of hydrogen-bond donors (Lipinski definition) is 2. The predicted octanol–water partition coefficient (Wildman–Crippen LogP) is 1.60. The molecule has 2 amide bonds. The molecule has 0 aliphatic carbocycles. The Bertz CT molecular complexity index is 636. The molecule has 1 fully saturated rings. The van der Waals surface area contributed by atoms with Gasteiger partial charge in [0.05, 0.1) is 18.6 Å². The molecule has 1 aromatic rings. The number of nitrogens with one attached hydrogen (secondary N) is 2. The fourth-order valence-corrected chi connectivity index (χ4v) is 3.21. The number of carbonyl (C=O) groups is 2. The Hall–Kier alpha value is -2.02. The second-order valence-electron chi connectivity index (χ2n) is 6.07. The van der Waals surface area contributed by atoms with Crippen LogP contribution in [-0.2, 0) is 9.59 Å². The van der Waals surface area contributed by atoms with Crippen molar-refractivity contribution in [3.63, 3.8) is 0 Å². The number of halogens is 2. The standard InChI is InChI=1S/C16H19F2N3O2/c1-10(22)21-7-6-12(11-4-2-3-5-14(11)21)20-15(23)13-8-16(17,18)9-19-13/h2-5,12-13,19H,6-9H2,1H3,(H,20,23). The van der Waals surface area contributed by atoms with Crippen molar-refractivity contribution in [2.24, 2.45) is 0 Å². The molecule has 0 bridgehead atoms. The SMILES string of the molecule is CC(=O)N1CCC(NC(=O)C2CC(F)(F)CN2)c2ccccc21. The molecule has 3 rings (SSSR count). The number of nitrogens with zero attached hydrogens (tertiary/aromatic N) is 1. The molecule has 1 aromatic carbocycles. The summed E-state index contributed by atoms with van der Waals surface area (Å²) in [7, 11) is 0. The zero-order chi connectivity index (χ0) is 16.6. The van der Waals surface area contributed by atoms with E-state index in [4.69, 9.17) is 0 Å². The van der Waals surface area contributed by atoms with Crippen LogP contribution in [-0.4, -0.2) is 36.9 Å². The van der Waals surface area contributed by atoms with Crippen molar-refractivity contribution in [1.82, 2.24) is 10.6 Å². The summed E-state index contributed by atoms with van der Waals surface area (Å²) < 4.78 is 26.5. The van der Waals surface area contributed by atoms with Crippen molar-refractivity contribution >= 4 is 17.5 Å². The lowest BCUT2D eigenvalue weighted by atomic mass is 9.96. The van der Waals surface area contributed by atoms with Gasteiger partial charge in [0, 0.05) is 25.6 Å². The number of rotatable bonds is 2. The van der Waals surface area contributed by atoms with E-state index in [2.05, 4.69) is 10.6 Å². The van der Waals surface area contributed by atoms with Gasteiger partial charge in [-0.3, -0.25) is 14.9 Å². The van der Waals surface area contributed by atoms with Crippen LogP contribution in [0, 0.1) is 0 Å². The first-order valence-corrected chi connectivity index (χ1v) is 7.66. The molecule has 0 radical (unpaired) electrons. The summed E-state index contributed by atoms with van der Waals surface area (Å²) in [5, 5.41) is 5.40. The van der Waals surface area contributed by atoms with Gasteiger partial charge in [0.2, 0.25) is 11.8 Å². The average molecular weight is 323 g/mol. The number of anilines is 1. The molecule has 124 valence electrons. The fraction of sp³-hybridized carbons (Fsp3) is 0.500. The van der Waals surface area contributed by atoms with E-state index in [0.717, 1.165) is 11.3 Å². The Morgan fingerprint density at radius 3 is 2.74 bits per heavy atom. The topological polar surface area (TPSA) is 61.4 Å². The molecule has 0 aromatic heterocycles. The van der Waals surface area contributed by atoms with Crippen LogP contribution in [0.2, 0.25) is 0 Å². The molecule has 0 saturated carbocycles. The highest BCUT2D eigenvalue weighted by Gasteiger charge is 2.43. The Morgan fingerprint density at radius 1 is 1.35 bits per heavy atom. The van der Waals surface area contributed by atoms with Crippen molar-refractivity contribution in [1.29, 1.82) is 0 Å². The maximum atomic E-state index is 13.2. The molecule has 2 aliphatic rings. The largest absolute Gasteiger partial charge is 0.348 e. The van der Waals surface area contributed by atoms with Crippen LogP contribution in [0.3, 0.4) is 0 Å². The van der Waals surface area contributed by atoms with Gasteiger partial charge in [-0.05, 0) is 18.1 Å². The van der Waals surface area contributed by atoms with Crippen LogP contribution in [0.1, 0.15) is 31.4 Å². The van der Waals surface area contributed by atoms with E-state index in [1.165, 1.54) is 6.92 Å². The maximum Gasteiger partial charge on any atom is 0.262 e. The zero-order valence-corrected chi connectivity index (χ0v) is 12.8. The maximum absolute atomic E-state index is 13.2. The zero-order valence-electron chi connectivity index (χ0n) is 12.8. The van der Waals surface area contributed by atoms with E-state index >= 15 is 0 Å². The van der Waals surface area contributed by atoms with Gasteiger partial charge in [-0.1, -0.05) is 18.2 Å². The predicted molar refractivity (Wildman–Crippen MR) is 81.3 cm³/mol. The first kappa shape index (κ1) is 15.9. The molecule has 2 atom stereocenters. The molecule has 2 aliphatic heterocycles. The molecule has 7 heteroatoms. The van der Waals surface area contributed by atoms with Crippen molar-refractivity contribution in [2.45, 2.75) is 37.8 Å². The van der Waals surface area contributed by atoms with Gasteiger partial charge < -0.3 is 10.2 Å². The van der Waals surface area contributed by atoms with Crippen LogP contribution in [0.5, 0.6) is 0 Å². The molecule has 2 N–H and O–H groups in total. The molecule has 2 heterocycles. The van der Waals surface area contributed by atoms with Crippen molar-refractivity contribution in [3.05, 3.63) is 29.8 Å². The van der Waals surface area contributed by atoms with Gasteiger partial charge in [-0.2, -0.15) is 0 Å². The van der Waals surface area contributed by atoms with Gasteiger partial charge >= 0.3 is 0 Å². The summed E-state index contributed by atoms with van der Waals surface area (Å²) in [5.74, 6) is -3.31. The van der Waals surface area contributed by atoms with E-state index in [0.29, 0.717) is 13.0 Å². The molecule has 0 spiro atoms. The molecule has 2 unspecified atom stereocenters. The van der Waals surface area contributed by atoms with Crippen LogP contribution in [0.25, 0.3) is 0 Å². The van der Waals surface area contributed by atoms with E-state index in [-0.39, 0.29) is 11.9 Å². The molecular formula is C16H19F2N3O2. The minimum Gasteiger partial charge on any atom is -0.348 e. The highest BCUT2D eigenvalue weighted by molar-refractivity contribution is 5.93. The smallest absolute Gasteiger partial charge is 0.262 e. The van der Waals surface area contributed by atoms with Gasteiger partial charge in [0.25, 0.3) is 5.92 Å². The van der Waals surface area contributed by atoms with Crippen LogP contribution < -0.4 is 15.5 Å². The van der Waals surface area contributed by atoms with Crippen LogP contribution in [0.4, 0.5) is 14.5 Å². The average Bonchev–Trinajstić information content (AvgIpc) is 2.87. The highest BCUT2D eigenvalue weighted by atomic mass is 19.3. The van der Waals surface area contributed by atoms with Crippen molar-refractivity contribution in [2.75, 3.05) is 18.0 Å². The number of fused-ring (bicyclic) bond motifs is 1. The lowest BCUT2D eigenvalue weighted by Crippen LogP contribution is -2.45. The van der Waals surface area contributed by atoms with Gasteiger partial charge in [0.1, 0.15) is 0 Å². The number of amides is 2. The number of benzene rings is 1. The van der Waals surface area contributed by atoms with E-state index in [9.17, 15) is 18.4 Å². The van der Waals surface area contributed by atoms with E-state index < -0.39 is 30.8 Å². The fourth-order valence-electron chi connectivity index (χ4n) is 3.21. The summed E-state index contributed by atoms with van der Waals surface area (Å²) in [5.41, 5.74) is 1.60. The minimum absolute atomic E-state index is 0.0562. The summed E-state index contributed by atoms with van der Waals surface area (Å²) in [6.07, 6.45) is 0.0816. The number of carbonyl (C=O) groups excluding carboxylic acids is 2. The number of hydrogen-bond acceptors (Lipinski definition) is 3. The lowest BCUT2D eigenvalue weighted by molar-refractivity contribution is -0.124. The Kier molecular flexibility index (Phi) is 4.06. The quantitative estimate of drug-likeness (QED) is 0.869. The Labute approximate surface area is 133 Å². The lowest BCUT2D eigenvalue weighted by Gasteiger charge is -2.34. The molecule has 1 saturated heterocycles. The van der Waals surface area contributed by atoms with E-state index in [1.807, 2.05) is 24.3 Å². The number of alkyl halides is 2. The van der Waals surface area contributed by atoms with E-state index in [1.54, 1.807) is 4.90 Å². The highest BCUT2D eigenvalue weighted by Crippen LogP contribution is 2.34. The van der Waals surface area contributed by atoms with Gasteiger partial charge in [-0.25, -0.2) is 8.78 Å². The third kappa shape index (κ3) is 3.19. The summed E-state index contributed by atoms with van der Waals surface area (Å²) in [6.45, 7) is 1.52. The molecule has 23 heavy (non-hydrogen) atoms. The van der Waals surface area contributed by atoms with Crippen LogP contribution in [0.15, 0.2) is 24.3 Å². The molecular weight excluding hydrogens is 304 g/mol. The molecule has 5 nitrogen and oxygen atoms in total. The third-order valence-corrected chi connectivity index (χ3v) is 4.37. The second kappa shape index (κ2) is 5.88. The third-order valence-electron chi connectivity index (χ3n) is 4.37. The first-order valence-electron chi connectivity index (χ1n) is 7.66.